The van der Waals surface area contributed by atoms with Crippen LogP contribution in [0.5, 0.6) is 0 Å². The zero-order chi connectivity index (χ0) is 17.9. The smallest absolute Gasteiger partial charge is 0.287 e. The molecule has 2 aromatic heterocycles. The normalized spacial score (nSPS) is 12.8. The van der Waals surface area contributed by atoms with E-state index in [0.717, 1.165) is 0 Å². The number of nitrogens with one attached hydrogen (secondary N) is 5. The molecule has 0 saturated heterocycles. The summed E-state index contributed by atoms with van der Waals surface area (Å²) in [5.74, 6) is 0.0762. The van der Waals surface area contributed by atoms with Gasteiger partial charge in [0.25, 0.3) is 11.5 Å². The number of hydrogen-bond donors (Lipinski definition) is 5. The van der Waals surface area contributed by atoms with E-state index < -0.39 is 0 Å². The summed E-state index contributed by atoms with van der Waals surface area (Å²) in [5, 5.41) is 5.76. The summed E-state index contributed by atoms with van der Waals surface area (Å²) >= 11 is 0. The first kappa shape index (κ1) is 15.6. The Bertz CT molecular complexity index is 1060. The second-order valence-electron chi connectivity index (χ2n) is 5.54. The summed E-state index contributed by atoms with van der Waals surface area (Å²) in [6.45, 7) is 0.510. The van der Waals surface area contributed by atoms with E-state index in [4.69, 9.17) is 0 Å². The fourth-order valence-corrected chi connectivity index (χ4v) is 2.51. The molecule has 26 heavy (non-hydrogen) atoms. The molecule has 130 valence electrons. The second-order valence-corrected chi connectivity index (χ2v) is 5.54. The van der Waals surface area contributed by atoms with Crippen LogP contribution in [0.15, 0.2) is 59.2 Å². The van der Waals surface area contributed by atoms with Gasteiger partial charge in [0.15, 0.2) is 5.65 Å². The highest BCUT2D eigenvalue weighted by atomic mass is 16.2. The van der Waals surface area contributed by atoms with Crippen LogP contribution in [0.25, 0.3) is 22.4 Å². The van der Waals surface area contributed by atoms with Gasteiger partial charge in [-0.05, 0) is 12.1 Å². The van der Waals surface area contributed by atoms with Crippen molar-refractivity contribution >= 4 is 22.9 Å². The number of aromatic nitrogens is 3. The zero-order valence-corrected chi connectivity index (χ0v) is 13.5. The number of hydrazine groups is 1. The van der Waals surface area contributed by atoms with Gasteiger partial charge in [-0.25, -0.2) is 9.97 Å². The average Bonchev–Trinajstić information content (AvgIpc) is 3.21. The monoisotopic (exact) mass is 349 g/mol. The van der Waals surface area contributed by atoms with Crippen molar-refractivity contribution in [1.29, 1.82) is 0 Å². The summed E-state index contributed by atoms with van der Waals surface area (Å²) in [4.78, 5) is 35.7. The highest BCUT2D eigenvalue weighted by Gasteiger charge is 2.12. The molecule has 1 aromatic carbocycles. The number of aromatic amines is 1. The Hall–Kier alpha value is -3.88. The van der Waals surface area contributed by atoms with E-state index in [1.165, 1.54) is 0 Å². The van der Waals surface area contributed by atoms with Crippen LogP contribution in [-0.4, -0.2) is 27.5 Å². The van der Waals surface area contributed by atoms with E-state index in [9.17, 15) is 9.59 Å². The SMILES string of the molecule is O=C(NNc1ccc2[nH]c(=O)c(-c3ccccc3)nc2n1)C1=CNCN1. The molecular weight excluding hydrogens is 334 g/mol. The first-order valence-electron chi connectivity index (χ1n) is 7.91. The van der Waals surface area contributed by atoms with Crippen molar-refractivity contribution in [3.05, 3.63) is 64.7 Å². The maximum atomic E-state index is 12.2. The summed E-state index contributed by atoms with van der Waals surface area (Å²) in [7, 11) is 0. The number of rotatable bonds is 4. The van der Waals surface area contributed by atoms with E-state index >= 15 is 0 Å². The quantitative estimate of drug-likeness (QED) is 0.432. The molecule has 0 unspecified atom stereocenters. The van der Waals surface area contributed by atoms with Crippen LogP contribution in [0.2, 0.25) is 0 Å². The van der Waals surface area contributed by atoms with E-state index in [1.807, 2.05) is 30.3 Å². The highest BCUT2D eigenvalue weighted by Crippen LogP contribution is 2.15. The predicted octanol–water partition coefficient (Wildman–Crippen LogP) is 0.420. The molecule has 0 fully saturated rings. The van der Waals surface area contributed by atoms with Crippen molar-refractivity contribution in [3.8, 4) is 11.3 Å². The minimum atomic E-state index is -0.323. The molecule has 4 rings (SSSR count). The molecule has 1 aliphatic rings. The van der Waals surface area contributed by atoms with Gasteiger partial charge in [0, 0.05) is 11.8 Å². The molecule has 9 heteroatoms. The summed E-state index contributed by atoms with van der Waals surface area (Å²) in [6, 6.07) is 12.5. The van der Waals surface area contributed by atoms with Crippen LogP contribution in [-0.2, 0) is 4.79 Å². The van der Waals surface area contributed by atoms with Gasteiger partial charge in [-0.1, -0.05) is 30.3 Å². The Morgan fingerprint density at radius 1 is 1.08 bits per heavy atom. The molecule has 3 heterocycles. The molecule has 0 aliphatic carbocycles. The third-order valence-electron chi connectivity index (χ3n) is 3.78. The Morgan fingerprint density at radius 2 is 1.92 bits per heavy atom. The minimum Gasteiger partial charge on any atom is -0.372 e. The van der Waals surface area contributed by atoms with E-state index in [0.29, 0.717) is 34.9 Å². The molecule has 1 amide bonds. The number of fused-ring (bicyclic) bond motifs is 1. The van der Waals surface area contributed by atoms with Crippen LogP contribution >= 0.6 is 0 Å². The maximum Gasteiger partial charge on any atom is 0.287 e. The van der Waals surface area contributed by atoms with Crippen LogP contribution in [0.1, 0.15) is 0 Å². The zero-order valence-electron chi connectivity index (χ0n) is 13.5. The predicted molar refractivity (Wildman–Crippen MR) is 96.6 cm³/mol. The molecule has 0 radical (unpaired) electrons. The molecule has 0 bridgehead atoms. The number of hydrogen-bond acceptors (Lipinski definition) is 7. The Balaban J connectivity index is 1.61. The molecule has 0 spiro atoms. The lowest BCUT2D eigenvalue weighted by Crippen LogP contribution is -2.34. The number of H-pyrrole nitrogens is 1. The van der Waals surface area contributed by atoms with Gasteiger partial charge in [-0.3, -0.25) is 20.4 Å². The van der Waals surface area contributed by atoms with Gasteiger partial charge in [0.2, 0.25) is 0 Å². The molecule has 5 N–H and O–H groups in total. The van der Waals surface area contributed by atoms with Crippen molar-refractivity contribution in [3.63, 3.8) is 0 Å². The third-order valence-corrected chi connectivity index (χ3v) is 3.78. The molecule has 1 aliphatic heterocycles. The Labute approximate surface area is 147 Å². The van der Waals surface area contributed by atoms with Crippen molar-refractivity contribution in [2.45, 2.75) is 0 Å². The van der Waals surface area contributed by atoms with Crippen LogP contribution in [0.4, 0.5) is 5.82 Å². The summed E-state index contributed by atoms with van der Waals surface area (Å²) in [6.07, 6.45) is 1.59. The standard InChI is InChI=1S/C17H15N7O2/c25-16(12-8-18-9-19-12)24-23-13-7-6-11-15(21-13)22-14(17(26)20-11)10-4-2-1-3-5-10/h1-8,18-19H,9H2,(H,20,26)(H,24,25)(H,21,22,23). The average molecular weight is 349 g/mol. The topological polar surface area (TPSA) is 124 Å². The van der Waals surface area contributed by atoms with Crippen molar-refractivity contribution in [1.82, 2.24) is 31.0 Å². The van der Waals surface area contributed by atoms with E-state index in [2.05, 4.69) is 36.4 Å². The van der Waals surface area contributed by atoms with Crippen molar-refractivity contribution < 1.29 is 4.79 Å². The summed E-state index contributed by atoms with van der Waals surface area (Å²) in [5.41, 5.74) is 7.28. The second kappa shape index (κ2) is 6.55. The van der Waals surface area contributed by atoms with E-state index in [-0.39, 0.29) is 17.2 Å². The van der Waals surface area contributed by atoms with Crippen LogP contribution in [0.3, 0.4) is 0 Å². The van der Waals surface area contributed by atoms with E-state index in [1.54, 1.807) is 18.3 Å². The molecular formula is C17H15N7O2. The van der Waals surface area contributed by atoms with Crippen molar-refractivity contribution in [2.24, 2.45) is 0 Å². The number of nitrogens with zero attached hydrogens (tertiary/aromatic N) is 2. The maximum absolute atomic E-state index is 12.2. The molecule has 3 aromatic rings. The lowest BCUT2D eigenvalue weighted by atomic mass is 10.1. The van der Waals surface area contributed by atoms with Gasteiger partial charge in [-0.2, -0.15) is 0 Å². The van der Waals surface area contributed by atoms with Crippen LogP contribution < -0.4 is 27.0 Å². The largest absolute Gasteiger partial charge is 0.372 e. The fourth-order valence-electron chi connectivity index (χ4n) is 2.51. The molecule has 9 nitrogen and oxygen atoms in total. The molecule has 0 saturated carbocycles. The number of benzene rings is 1. The first-order chi connectivity index (χ1) is 12.7. The number of amides is 1. The first-order valence-corrected chi connectivity index (χ1v) is 7.91. The Morgan fingerprint density at radius 3 is 2.69 bits per heavy atom. The lowest BCUT2D eigenvalue weighted by Gasteiger charge is -2.09. The third kappa shape index (κ3) is 3.05. The number of carbonyl (C=O) groups is 1. The van der Waals surface area contributed by atoms with Crippen LogP contribution in [0, 0.1) is 0 Å². The van der Waals surface area contributed by atoms with Gasteiger partial charge in [0.05, 0.1) is 12.2 Å². The molecule has 0 atom stereocenters. The fraction of sp³-hybridized carbons (Fsp3) is 0.0588. The number of pyridine rings is 1. The van der Waals surface area contributed by atoms with Crippen molar-refractivity contribution in [2.75, 3.05) is 12.1 Å². The summed E-state index contributed by atoms with van der Waals surface area (Å²) < 4.78 is 0. The van der Waals surface area contributed by atoms with Gasteiger partial charge in [-0.15, -0.1) is 0 Å². The highest BCUT2D eigenvalue weighted by molar-refractivity contribution is 5.93. The Kier molecular flexibility index (Phi) is 3.94. The lowest BCUT2D eigenvalue weighted by molar-refractivity contribution is -0.117. The minimum absolute atomic E-state index is 0.286. The van der Waals surface area contributed by atoms with Gasteiger partial charge < -0.3 is 15.6 Å². The number of carbonyl (C=O) groups excluding carboxylic acids is 1. The van der Waals surface area contributed by atoms with Gasteiger partial charge in [0.1, 0.15) is 17.2 Å². The number of anilines is 1. The van der Waals surface area contributed by atoms with Gasteiger partial charge >= 0.3 is 0 Å².